The van der Waals surface area contributed by atoms with Gasteiger partial charge in [0.25, 0.3) is 0 Å². The second kappa shape index (κ2) is 4.08. The maximum atomic E-state index is 14.7. The van der Waals surface area contributed by atoms with Gasteiger partial charge in [0.1, 0.15) is 5.60 Å². The van der Waals surface area contributed by atoms with Crippen LogP contribution in [0.2, 0.25) is 0 Å². The van der Waals surface area contributed by atoms with Gasteiger partial charge in [0.15, 0.2) is 5.67 Å². The molecule has 0 aromatic rings. The number of aliphatic hydroxyl groups excluding tert-OH is 1. The topological polar surface area (TPSA) is 49.8 Å². The molecule has 0 aromatic heterocycles. The molecule has 4 nitrogen and oxygen atoms in total. The molecule has 0 bridgehead atoms. The van der Waals surface area contributed by atoms with Gasteiger partial charge in [-0.2, -0.15) is 0 Å². The average molecular weight is 259 g/mol. The average Bonchev–Trinajstić information content (AvgIpc) is 2.50. The molecule has 1 spiro atoms. The van der Waals surface area contributed by atoms with E-state index in [2.05, 4.69) is 0 Å². The van der Waals surface area contributed by atoms with Crippen LogP contribution in [0.4, 0.5) is 9.18 Å². The monoisotopic (exact) mass is 259 g/mol. The van der Waals surface area contributed by atoms with E-state index in [9.17, 15) is 14.3 Å². The van der Waals surface area contributed by atoms with Crippen LogP contribution >= 0.6 is 0 Å². The summed E-state index contributed by atoms with van der Waals surface area (Å²) in [5.41, 5.74) is -2.79. The lowest BCUT2D eigenvalue weighted by molar-refractivity contribution is -0.0588. The van der Waals surface area contributed by atoms with Gasteiger partial charge < -0.3 is 14.7 Å². The molecule has 1 saturated carbocycles. The number of carbonyl (C=O) groups excluding carboxylic acids is 1. The summed E-state index contributed by atoms with van der Waals surface area (Å²) in [6.45, 7) is 5.14. The Morgan fingerprint density at radius 2 is 2.00 bits per heavy atom. The van der Waals surface area contributed by atoms with Crippen molar-refractivity contribution in [2.24, 2.45) is 5.41 Å². The number of halogens is 1. The highest BCUT2D eigenvalue weighted by Crippen LogP contribution is 2.55. The maximum Gasteiger partial charge on any atom is 0.410 e. The number of ether oxygens (including phenoxy) is 1. The molecule has 2 fully saturated rings. The summed E-state index contributed by atoms with van der Waals surface area (Å²) < 4.78 is 19.9. The van der Waals surface area contributed by atoms with Crippen molar-refractivity contribution < 1.29 is 19.0 Å². The Kier molecular flexibility index (Phi) is 3.08. The molecule has 1 saturated heterocycles. The molecule has 1 atom stereocenters. The second-order valence-electron chi connectivity index (χ2n) is 6.59. The van der Waals surface area contributed by atoms with Crippen LogP contribution in [-0.4, -0.2) is 47.1 Å². The number of aliphatic hydroxyl groups is 1. The lowest BCUT2D eigenvalue weighted by Crippen LogP contribution is -2.50. The van der Waals surface area contributed by atoms with Crippen molar-refractivity contribution in [3.63, 3.8) is 0 Å². The normalized spacial score (nSPS) is 30.4. The third kappa shape index (κ3) is 2.09. The minimum atomic E-state index is -1.66. The van der Waals surface area contributed by atoms with Crippen molar-refractivity contribution in [3.05, 3.63) is 0 Å². The third-order valence-electron chi connectivity index (χ3n) is 4.10. The van der Waals surface area contributed by atoms with Crippen LogP contribution in [0.15, 0.2) is 0 Å². The van der Waals surface area contributed by atoms with Crippen LogP contribution in [0.5, 0.6) is 0 Å². The molecule has 1 unspecified atom stereocenters. The fourth-order valence-electron chi connectivity index (χ4n) is 2.92. The minimum Gasteiger partial charge on any atom is -0.444 e. The number of hydrogen-bond acceptors (Lipinski definition) is 3. The molecule has 0 radical (unpaired) electrons. The van der Waals surface area contributed by atoms with Crippen molar-refractivity contribution in [1.82, 2.24) is 4.90 Å². The molecule has 2 aliphatic rings. The second-order valence-corrected chi connectivity index (χ2v) is 6.59. The van der Waals surface area contributed by atoms with Crippen molar-refractivity contribution in [2.75, 3.05) is 19.7 Å². The zero-order chi connectivity index (χ0) is 13.6. The van der Waals surface area contributed by atoms with E-state index in [-0.39, 0.29) is 6.54 Å². The molecule has 1 aliphatic heterocycles. The van der Waals surface area contributed by atoms with E-state index in [1.54, 1.807) is 20.8 Å². The molecular weight excluding hydrogens is 237 g/mol. The van der Waals surface area contributed by atoms with Gasteiger partial charge in [0, 0.05) is 12.0 Å². The largest absolute Gasteiger partial charge is 0.444 e. The summed E-state index contributed by atoms with van der Waals surface area (Å²) in [5.74, 6) is 0. The van der Waals surface area contributed by atoms with Crippen molar-refractivity contribution in [1.29, 1.82) is 0 Å². The van der Waals surface area contributed by atoms with Crippen molar-refractivity contribution in [2.45, 2.75) is 51.3 Å². The number of likely N-dealkylation sites (tertiary alicyclic amines) is 1. The first kappa shape index (κ1) is 13.6. The standard InChI is InChI=1S/C13H22FNO3/c1-11(2,3)18-10(17)15-7-12(5-4-6-12)13(14,8-15)9-16/h16H,4-9H2,1-3H3. The Labute approximate surface area is 107 Å². The molecule has 1 N–H and O–H groups in total. The molecular formula is C13H22FNO3. The van der Waals surface area contributed by atoms with E-state index in [0.717, 1.165) is 19.3 Å². The molecule has 5 heteroatoms. The van der Waals surface area contributed by atoms with Gasteiger partial charge in [-0.3, -0.25) is 0 Å². The Morgan fingerprint density at radius 1 is 1.39 bits per heavy atom. The number of carbonyl (C=O) groups is 1. The van der Waals surface area contributed by atoms with Crippen LogP contribution in [0.25, 0.3) is 0 Å². The molecule has 104 valence electrons. The van der Waals surface area contributed by atoms with Crippen LogP contribution in [0.1, 0.15) is 40.0 Å². The van der Waals surface area contributed by atoms with Crippen LogP contribution in [0.3, 0.4) is 0 Å². The lowest BCUT2D eigenvalue weighted by atomic mass is 9.61. The summed E-state index contributed by atoms with van der Waals surface area (Å²) >= 11 is 0. The van der Waals surface area contributed by atoms with Gasteiger partial charge in [0.2, 0.25) is 0 Å². The summed E-state index contributed by atoms with van der Waals surface area (Å²) in [6.07, 6.45) is 1.96. The van der Waals surface area contributed by atoms with E-state index >= 15 is 0 Å². The van der Waals surface area contributed by atoms with Crippen LogP contribution in [-0.2, 0) is 4.74 Å². The number of alkyl halides is 1. The van der Waals surface area contributed by atoms with Gasteiger partial charge in [-0.1, -0.05) is 6.42 Å². The summed E-state index contributed by atoms with van der Waals surface area (Å²) in [4.78, 5) is 13.4. The predicted molar refractivity (Wildman–Crippen MR) is 65.0 cm³/mol. The van der Waals surface area contributed by atoms with Crippen LogP contribution in [0, 0.1) is 5.41 Å². The van der Waals surface area contributed by atoms with Gasteiger partial charge in [-0.05, 0) is 33.6 Å². The Morgan fingerprint density at radius 3 is 2.33 bits per heavy atom. The number of nitrogens with zero attached hydrogens (tertiary/aromatic N) is 1. The van der Waals surface area contributed by atoms with E-state index < -0.39 is 29.4 Å². The third-order valence-corrected chi connectivity index (χ3v) is 4.10. The lowest BCUT2D eigenvalue weighted by Gasteiger charge is -2.45. The first-order valence-electron chi connectivity index (χ1n) is 6.49. The van der Waals surface area contributed by atoms with Gasteiger partial charge >= 0.3 is 6.09 Å². The maximum absolute atomic E-state index is 14.7. The quantitative estimate of drug-likeness (QED) is 0.784. The Hall–Kier alpha value is -0.840. The zero-order valence-corrected chi connectivity index (χ0v) is 11.3. The Balaban J connectivity index is 2.08. The summed E-state index contributed by atoms with van der Waals surface area (Å²) in [5, 5.41) is 9.30. The summed E-state index contributed by atoms with van der Waals surface area (Å²) in [7, 11) is 0. The van der Waals surface area contributed by atoms with E-state index in [1.807, 2.05) is 0 Å². The van der Waals surface area contributed by atoms with E-state index in [4.69, 9.17) is 4.74 Å². The zero-order valence-electron chi connectivity index (χ0n) is 11.3. The van der Waals surface area contributed by atoms with Crippen LogP contribution < -0.4 is 0 Å². The van der Waals surface area contributed by atoms with Gasteiger partial charge in [-0.15, -0.1) is 0 Å². The first-order valence-corrected chi connectivity index (χ1v) is 6.49. The SMILES string of the molecule is CC(C)(C)OC(=O)N1CC(F)(CO)C2(CCC2)C1. The molecule has 1 heterocycles. The van der Waals surface area contributed by atoms with E-state index in [0.29, 0.717) is 6.54 Å². The number of rotatable bonds is 1. The molecule has 18 heavy (non-hydrogen) atoms. The van der Waals surface area contributed by atoms with Crippen molar-refractivity contribution in [3.8, 4) is 0 Å². The van der Waals surface area contributed by atoms with Crippen molar-refractivity contribution >= 4 is 6.09 Å². The fraction of sp³-hybridized carbons (Fsp3) is 0.923. The number of amides is 1. The van der Waals surface area contributed by atoms with E-state index in [1.165, 1.54) is 4.90 Å². The molecule has 1 amide bonds. The summed E-state index contributed by atoms with van der Waals surface area (Å²) in [6, 6.07) is 0. The minimum absolute atomic E-state index is 0.0571. The highest BCUT2D eigenvalue weighted by Gasteiger charge is 2.62. The number of hydrogen-bond donors (Lipinski definition) is 1. The highest BCUT2D eigenvalue weighted by molar-refractivity contribution is 5.69. The highest BCUT2D eigenvalue weighted by atomic mass is 19.1. The predicted octanol–water partition coefficient (Wildman–Crippen LogP) is 2.11. The fourth-order valence-corrected chi connectivity index (χ4v) is 2.92. The smallest absolute Gasteiger partial charge is 0.410 e. The Bertz CT molecular complexity index is 337. The van der Waals surface area contributed by atoms with Gasteiger partial charge in [0.05, 0.1) is 13.2 Å². The molecule has 0 aromatic carbocycles. The molecule has 2 rings (SSSR count). The van der Waals surface area contributed by atoms with Gasteiger partial charge in [-0.25, -0.2) is 9.18 Å². The first-order chi connectivity index (χ1) is 8.21. The molecule has 1 aliphatic carbocycles.